The molecule has 0 fully saturated rings. The first-order chi connectivity index (χ1) is 14.4. The Kier molecular flexibility index (Phi) is 2.74. The van der Waals surface area contributed by atoms with E-state index in [4.69, 9.17) is 0 Å². The SMILES string of the molecule is c1ccc(N2c3cc4c(cc3-n3ccc5cccc2c53)[nH]c2ccccc24)cc1. The lowest BCUT2D eigenvalue weighted by atomic mass is 10.1. The lowest BCUT2D eigenvalue weighted by Crippen LogP contribution is -2.17. The maximum atomic E-state index is 3.60. The molecular formula is C26H17N3. The standard InChI is InChI=1S/C26H17N3/c1-2-8-18(9-3-1)29-23-12-6-7-17-13-14-28(26(17)23)24-16-22-20(15-25(24)29)19-10-4-5-11-21(19)27-22/h1-16,27H. The molecule has 0 amide bonds. The fraction of sp³-hybridized carbons (Fsp3) is 0. The Balaban J connectivity index is 1.66. The summed E-state index contributed by atoms with van der Waals surface area (Å²) in [6.45, 7) is 0. The van der Waals surface area contributed by atoms with Crippen molar-refractivity contribution in [1.82, 2.24) is 9.55 Å². The van der Waals surface area contributed by atoms with Gasteiger partial charge in [0.2, 0.25) is 0 Å². The van der Waals surface area contributed by atoms with Gasteiger partial charge in [0.25, 0.3) is 0 Å². The highest BCUT2D eigenvalue weighted by atomic mass is 15.2. The fourth-order valence-electron chi connectivity index (χ4n) is 4.79. The van der Waals surface area contributed by atoms with Crippen LogP contribution < -0.4 is 4.90 Å². The molecular weight excluding hydrogens is 354 g/mol. The van der Waals surface area contributed by atoms with Crippen molar-refractivity contribution in [3.63, 3.8) is 0 Å². The number of fused-ring (bicyclic) bond motifs is 5. The molecule has 3 heteroatoms. The number of aromatic nitrogens is 2. The monoisotopic (exact) mass is 371 g/mol. The van der Waals surface area contributed by atoms with Crippen LogP contribution in [-0.2, 0) is 0 Å². The Labute approximate surface area is 167 Å². The minimum atomic E-state index is 1.17. The highest BCUT2D eigenvalue weighted by molar-refractivity contribution is 6.12. The first-order valence-electron chi connectivity index (χ1n) is 9.88. The topological polar surface area (TPSA) is 24.0 Å². The molecule has 0 radical (unpaired) electrons. The summed E-state index contributed by atoms with van der Waals surface area (Å²) in [5.74, 6) is 0. The summed E-state index contributed by atoms with van der Waals surface area (Å²) in [6, 6.07) is 32.5. The third kappa shape index (κ3) is 1.91. The van der Waals surface area contributed by atoms with Crippen LogP contribution in [0.25, 0.3) is 38.4 Å². The zero-order chi connectivity index (χ0) is 18.9. The van der Waals surface area contributed by atoms with Gasteiger partial charge in [0, 0.05) is 39.1 Å². The van der Waals surface area contributed by atoms with Gasteiger partial charge in [-0.2, -0.15) is 0 Å². The normalized spacial score (nSPS) is 12.8. The van der Waals surface area contributed by atoms with Crippen molar-refractivity contribution in [3.8, 4) is 5.69 Å². The number of H-pyrrole nitrogens is 1. The van der Waals surface area contributed by atoms with Crippen molar-refractivity contribution in [1.29, 1.82) is 0 Å². The molecule has 4 aromatic carbocycles. The van der Waals surface area contributed by atoms with Crippen molar-refractivity contribution in [2.75, 3.05) is 4.90 Å². The van der Waals surface area contributed by atoms with Crippen LogP contribution in [-0.4, -0.2) is 9.55 Å². The summed E-state index contributed by atoms with van der Waals surface area (Å²) >= 11 is 0. The minimum absolute atomic E-state index is 1.17. The van der Waals surface area contributed by atoms with E-state index in [0.29, 0.717) is 0 Å². The lowest BCUT2D eigenvalue weighted by molar-refractivity contribution is 1.08. The van der Waals surface area contributed by atoms with Crippen LogP contribution in [0, 0.1) is 0 Å². The smallest absolute Gasteiger partial charge is 0.0771 e. The van der Waals surface area contributed by atoms with E-state index in [2.05, 4.69) is 112 Å². The van der Waals surface area contributed by atoms with Crippen LogP contribution in [0.2, 0.25) is 0 Å². The molecule has 2 aromatic heterocycles. The van der Waals surface area contributed by atoms with Crippen molar-refractivity contribution in [3.05, 3.63) is 97.2 Å². The largest absolute Gasteiger partial charge is 0.354 e. The maximum Gasteiger partial charge on any atom is 0.0771 e. The summed E-state index contributed by atoms with van der Waals surface area (Å²) in [6.07, 6.45) is 2.18. The highest BCUT2D eigenvalue weighted by Gasteiger charge is 2.26. The van der Waals surface area contributed by atoms with Gasteiger partial charge < -0.3 is 14.5 Å². The molecule has 3 nitrogen and oxygen atoms in total. The number of hydrogen-bond donors (Lipinski definition) is 1. The average Bonchev–Trinajstić information content (AvgIpc) is 3.36. The molecule has 6 aromatic rings. The van der Waals surface area contributed by atoms with Crippen molar-refractivity contribution in [2.24, 2.45) is 0 Å². The Hall–Kier alpha value is -3.98. The minimum Gasteiger partial charge on any atom is -0.354 e. The second kappa shape index (κ2) is 5.30. The molecule has 1 N–H and O–H groups in total. The average molecular weight is 371 g/mol. The molecule has 0 aliphatic carbocycles. The van der Waals surface area contributed by atoms with Gasteiger partial charge in [0.05, 0.1) is 22.6 Å². The second-order valence-corrected chi connectivity index (χ2v) is 7.63. The molecule has 1 aliphatic rings. The first kappa shape index (κ1) is 15.0. The van der Waals surface area contributed by atoms with Crippen LogP contribution in [0.5, 0.6) is 0 Å². The lowest BCUT2D eigenvalue weighted by Gasteiger charge is -2.33. The van der Waals surface area contributed by atoms with Gasteiger partial charge in [-0.3, -0.25) is 0 Å². The fourth-order valence-corrected chi connectivity index (χ4v) is 4.79. The molecule has 0 spiro atoms. The number of para-hydroxylation sites is 3. The van der Waals surface area contributed by atoms with E-state index in [0.717, 1.165) is 0 Å². The van der Waals surface area contributed by atoms with E-state index in [1.54, 1.807) is 0 Å². The van der Waals surface area contributed by atoms with Gasteiger partial charge in [0.1, 0.15) is 0 Å². The molecule has 0 unspecified atom stereocenters. The Morgan fingerprint density at radius 3 is 2.38 bits per heavy atom. The number of nitrogens with zero attached hydrogens (tertiary/aromatic N) is 2. The van der Waals surface area contributed by atoms with Gasteiger partial charge in [-0.25, -0.2) is 0 Å². The predicted molar refractivity (Wildman–Crippen MR) is 121 cm³/mol. The molecule has 0 atom stereocenters. The summed E-state index contributed by atoms with van der Waals surface area (Å²) in [4.78, 5) is 5.99. The van der Waals surface area contributed by atoms with Crippen LogP contribution in [0.4, 0.5) is 17.1 Å². The van der Waals surface area contributed by atoms with Gasteiger partial charge >= 0.3 is 0 Å². The highest BCUT2D eigenvalue weighted by Crippen LogP contribution is 2.48. The zero-order valence-corrected chi connectivity index (χ0v) is 15.6. The van der Waals surface area contributed by atoms with E-state index in [9.17, 15) is 0 Å². The molecule has 0 saturated carbocycles. The third-order valence-electron chi connectivity index (χ3n) is 6.05. The molecule has 136 valence electrons. The molecule has 29 heavy (non-hydrogen) atoms. The summed E-state index contributed by atoms with van der Waals surface area (Å²) in [5, 5.41) is 3.77. The van der Waals surface area contributed by atoms with Gasteiger partial charge in [0.15, 0.2) is 0 Å². The summed E-state index contributed by atoms with van der Waals surface area (Å²) in [5.41, 5.74) is 8.37. The number of anilines is 3. The third-order valence-corrected chi connectivity index (χ3v) is 6.05. The predicted octanol–water partition coefficient (Wildman–Crippen LogP) is 7.05. The second-order valence-electron chi connectivity index (χ2n) is 7.63. The van der Waals surface area contributed by atoms with Gasteiger partial charge in [-0.1, -0.05) is 48.5 Å². The van der Waals surface area contributed by atoms with Gasteiger partial charge in [-0.05, 0) is 42.5 Å². The Bertz CT molecular complexity index is 1550. The zero-order valence-electron chi connectivity index (χ0n) is 15.6. The van der Waals surface area contributed by atoms with E-state index in [1.165, 1.54) is 55.5 Å². The van der Waals surface area contributed by atoms with Crippen molar-refractivity contribution in [2.45, 2.75) is 0 Å². The molecule has 0 saturated heterocycles. The number of hydrogen-bond acceptors (Lipinski definition) is 1. The Morgan fingerprint density at radius 2 is 1.45 bits per heavy atom. The quantitative estimate of drug-likeness (QED) is 0.328. The molecule has 0 bridgehead atoms. The van der Waals surface area contributed by atoms with Crippen molar-refractivity contribution < 1.29 is 0 Å². The summed E-state index contributed by atoms with van der Waals surface area (Å²) in [7, 11) is 0. The first-order valence-corrected chi connectivity index (χ1v) is 9.88. The van der Waals surface area contributed by atoms with E-state index >= 15 is 0 Å². The van der Waals surface area contributed by atoms with E-state index in [-0.39, 0.29) is 0 Å². The van der Waals surface area contributed by atoms with Crippen LogP contribution in [0.15, 0.2) is 97.2 Å². The van der Waals surface area contributed by atoms with Crippen LogP contribution in [0.3, 0.4) is 0 Å². The number of nitrogens with one attached hydrogen (secondary N) is 1. The van der Waals surface area contributed by atoms with Crippen molar-refractivity contribution >= 4 is 49.8 Å². The molecule has 7 rings (SSSR count). The number of benzene rings is 4. The molecule has 3 heterocycles. The number of rotatable bonds is 1. The maximum absolute atomic E-state index is 3.60. The Morgan fingerprint density at radius 1 is 0.586 bits per heavy atom. The number of aromatic amines is 1. The molecule has 1 aliphatic heterocycles. The van der Waals surface area contributed by atoms with Gasteiger partial charge in [-0.15, -0.1) is 0 Å². The van der Waals surface area contributed by atoms with E-state index in [1.807, 2.05) is 0 Å². The van der Waals surface area contributed by atoms with Crippen LogP contribution >= 0.6 is 0 Å². The van der Waals surface area contributed by atoms with Crippen LogP contribution in [0.1, 0.15) is 0 Å². The summed E-state index contributed by atoms with van der Waals surface area (Å²) < 4.78 is 2.32. The van der Waals surface area contributed by atoms with E-state index < -0.39 is 0 Å².